The molecule has 0 bridgehead atoms. The third kappa shape index (κ3) is 5.94. The van der Waals surface area contributed by atoms with Gasteiger partial charge in [0.25, 0.3) is 11.8 Å². The number of nitrogens with one attached hydrogen (secondary N) is 1. The lowest BCUT2D eigenvalue weighted by atomic mass is 9.94. The number of nitrogens with zero attached hydrogens (tertiary/aromatic N) is 3. The number of benzene rings is 2. The molecule has 2 aliphatic rings. The number of hydrogen-bond donors (Lipinski definition) is 3. The summed E-state index contributed by atoms with van der Waals surface area (Å²) >= 11 is 0. The predicted molar refractivity (Wildman–Crippen MR) is 157 cm³/mol. The van der Waals surface area contributed by atoms with E-state index in [1.54, 1.807) is 10.9 Å². The molecule has 50 heavy (non-hydrogen) atoms. The van der Waals surface area contributed by atoms with Gasteiger partial charge in [-0.15, -0.1) is 0 Å². The molecule has 1 fully saturated rings. The number of amides is 2. The second-order valence-corrected chi connectivity index (χ2v) is 11.4. The highest BCUT2D eigenvalue weighted by Crippen LogP contribution is 2.49. The summed E-state index contributed by atoms with van der Waals surface area (Å²) in [6.45, 7) is -0.325. The minimum atomic E-state index is -5.57. The lowest BCUT2D eigenvalue weighted by Crippen LogP contribution is -2.52. The van der Waals surface area contributed by atoms with Gasteiger partial charge in [0.2, 0.25) is 5.60 Å². The van der Waals surface area contributed by atoms with Crippen LogP contribution >= 0.6 is 0 Å². The van der Waals surface area contributed by atoms with Crippen molar-refractivity contribution < 1.29 is 64.4 Å². The van der Waals surface area contributed by atoms with Gasteiger partial charge in [-0.1, -0.05) is 0 Å². The van der Waals surface area contributed by atoms with Crippen LogP contribution in [0.5, 0.6) is 23.0 Å². The molecule has 0 saturated heterocycles. The van der Waals surface area contributed by atoms with Gasteiger partial charge in [0.1, 0.15) is 17.0 Å². The third-order valence-corrected chi connectivity index (χ3v) is 7.95. The highest BCUT2D eigenvalue weighted by molar-refractivity contribution is 6.00. The quantitative estimate of drug-likeness (QED) is 0.191. The summed E-state index contributed by atoms with van der Waals surface area (Å²) in [5.41, 5.74) is -1.28. The van der Waals surface area contributed by atoms with E-state index in [4.69, 9.17) is 15.2 Å². The summed E-state index contributed by atoms with van der Waals surface area (Å²) in [6.07, 6.45) is -12.3. The molecule has 6 rings (SSSR count). The number of methoxy groups -OCH3 is 1. The second-order valence-electron chi connectivity index (χ2n) is 11.4. The maximum absolute atomic E-state index is 14.7. The van der Waals surface area contributed by atoms with Gasteiger partial charge >= 0.3 is 18.4 Å². The molecule has 2 aromatic heterocycles. The van der Waals surface area contributed by atoms with E-state index in [1.165, 1.54) is 26.2 Å². The Hall–Kier alpha value is -5.33. The Labute approximate surface area is 276 Å². The molecule has 1 aliphatic heterocycles. The zero-order valence-corrected chi connectivity index (χ0v) is 25.9. The molecule has 1 aliphatic carbocycles. The number of rotatable bonds is 10. The predicted octanol–water partition coefficient (Wildman–Crippen LogP) is 5.08. The van der Waals surface area contributed by atoms with Crippen LogP contribution in [0.15, 0.2) is 42.6 Å². The number of pyridine rings is 1. The van der Waals surface area contributed by atoms with E-state index >= 15 is 0 Å². The largest absolute Gasteiger partial charge is 0.507 e. The van der Waals surface area contributed by atoms with Crippen LogP contribution < -0.4 is 30.0 Å². The smallest absolute Gasteiger partial charge is 0.494 e. The summed E-state index contributed by atoms with van der Waals surface area (Å²) in [6, 6.07) is 5.68. The number of fused-ring (bicyclic) bond motifs is 2. The number of ether oxygens (including phenoxy) is 4. The SMILES string of the molecule is CCOc1c(C(N)=O)cc([C@@](O)(CNC(=O)c2cc(OC)c3nn(C4CC4)cc3c2)C(F)(F)F)nc1-c1ccc2c(c1)OC(F)(F)C(F)(F)O2. The van der Waals surface area contributed by atoms with Crippen molar-refractivity contribution in [3.05, 3.63) is 59.4 Å². The molecular weight excluding hydrogens is 687 g/mol. The topological polar surface area (TPSA) is 160 Å². The monoisotopic (exact) mass is 713 g/mol. The van der Waals surface area contributed by atoms with Crippen molar-refractivity contribution in [3.63, 3.8) is 0 Å². The fourth-order valence-corrected chi connectivity index (χ4v) is 5.21. The van der Waals surface area contributed by atoms with E-state index in [2.05, 4.69) is 19.6 Å². The van der Waals surface area contributed by atoms with Crippen molar-refractivity contribution >= 4 is 22.7 Å². The van der Waals surface area contributed by atoms with E-state index < -0.39 is 76.6 Å². The standard InChI is InChI=1S/C31H26F7N5O7/c1-3-48-25-18(26(39)44)11-22(41-24(25)14-4-7-19-20(9-14)50-31(37,38)30(35,36)49-19)28(46,29(32,33)34)13-40-27(45)15-8-16-12-43(17-5-6-17)42-23(16)21(10-15)47-2/h4,7-12,17,46H,3,5-6,13H2,1-2H3,(H2,39,44)(H,40,45)/t28-/m0/s1. The number of aliphatic hydroxyl groups is 1. The van der Waals surface area contributed by atoms with Crippen molar-refractivity contribution in [2.45, 2.75) is 49.8 Å². The lowest BCUT2D eigenvalue weighted by molar-refractivity contribution is -0.391. The zero-order chi connectivity index (χ0) is 36.4. The number of hydrogen-bond acceptors (Lipinski definition) is 9. The van der Waals surface area contributed by atoms with Crippen molar-refractivity contribution in [3.8, 4) is 34.3 Å². The summed E-state index contributed by atoms with van der Waals surface area (Å²) in [5.74, 6) is -4.57. The highest BCUT2D eigenvalue weighted by Gasteiger charge is 2.66. The molecule has 4 aromatic rings. The molecule has 4 N–H and O–H groups in total. The number of aromatic nitrogens is 3. The molecule has 266 valence electrons. The average molecular weight is 714 g/mol. The molecule has 1 atom stereocenters. The van der Waals surface area contributed by atoms with Crippen molar-refractivity contribution in [1.82, 2.24) is 20.1 Å². The minimum absolute atomic E-state index is 0.133. The van der Waals surface area contributed by atoms with E-state index in [9.17, 15) is 45.4 Å². The van der Waals surface area contributed by atoms with Crippen LogP contribution in [0, 0.1) is 0 Å². The molecule has 0 unspecified atom stereocenters. The van der Waals surface area contributed by atoms with Crippen LogP contribution in [-0.4, -0.2) is 70.3 Å². The highest BCUT2D eigenvalue weighted by atomic mass is 19.4. The molecule has 0 spiro atoms. The Bertz CT molecular complexity index is 2020. The first-order valence-corrected chi connectivity index (χ1v) is 14.8. The maximum atomic E-state index is 14.7. The number of primary amides is 1. The number of halogens is 7. The van der Waals surface area contributed by atoms with Gasteiger partial charge in [0.05, 0.1) is 37.6 Å². The average Bonchev–Trinajstić information content (AvgIpc) is 3.80. The molecule has 1 saturated carbocycles. The second kappa shape index (κ2) is 11.9. The Kier molecular flexibility index (Phi) is 8.23. The first kappa shape index (κ1) is 34.5. The van der Waals surface area contributed by atoms with Crippen molar-refractivity contribution in [2.24, 2.45) is 5.73 Å². The van der Waals surface area contributed by atoms with Crippen LogP contribution in [0.1, 0.15) is 52.2 Å². The first-order chi connectivity index (χ1) is 23.4. The van der Waals surface area contributed by atoms with E-state index in [-0.39, 0.29) is 29.5 Å². The Morgan fingerprint density at radius 3 is 2.36 bits per heavy atom. The van der Waals surface area contributed by atoms with Crippen LogP contribution in [0.25, 0.3) is 22.2 Å². The molecule has 3 heterocycles. The minimum Gasteiger partial charge on any atom is -0.494 e. The summed E-state index contributed by atoms with van der Waals surface area (Å²) in [7, 11) is 1.32. The molecular formula is C31H26F7N5O7. The van der Waals surface area contributed by atoms with Gasteiger partial charge in [-0.2, -0.15) is 35.8 Å². The molecule has 0 radical (unpaired) electrons. The van der Waals surface area contributed by atoms with Gasteiger partial charge in [-0.3, -0.25) is 14.3 Å². The summed E-state index contributed by atoms with van der Waals surface area (Å²) < 4.78 is 120. The Balaban J connectivity index is 1.40. The van der Waals surface area contributed by atoms with Crippen LogP contribution in [0.2, 0.25) is 0 Å². The summed E-state index contributed by atoms with van der Waals surface area (Å²) in [4.78, 5) is 29.6. The first-order valence-electron chi connectivity index (χ1n) is 14.8. The zero-order valence-electron chi connectivity index (χ0n) is 25.9. The lowest BCUT2D eigenvalue weighted by Gasteiger charge is -2.32. The fraction of sp³-hybridized carbons (Fsp3) is 0.355. The van der Waals surface area contributed by atoms with Gasteiger partial charge < -0.3 is 35.1 Å². The van der Waals surface area contributed by atoms with Crippen molar-refractivity contribution in [1.29, 1.82) is 0 Å². The molecule has 12 nitrogen and oxygen atoms in total. The Morgan fingerprint density at radius 1 is 1.08 bits per heavy atom. The van der Waals surface area contributed by atoms with E-state index in [0.717, 1.165) is 25.0 Å². The normalized spacial score (nSPS) is 17.6. The number of carbonyl (C=O) groups is 2. The van der Waals surface area contributed by atoms with Crippen molar-refractivity contribution in [2.75, 3.05) is 20.3 Å². The van der Waals surface area contributed by atoms with Crippen LogP contribution in [0.4, 0.5) is 30.7 Å². The summed E-state index contributed by atoms with van der Waals surface area (Å²) in [5, 5.41) is 18.2. The van der Waals surface area contributed by atoms with E-state index in [1.807, 2.05) is 5.32 Å². The fourth-order valence-electron chi connectivity index (χ4n) is 5.21. The Morgan fingerprint density at radius 2 is 1.76 bits per heavy atom. The van der Waals surface area contributed by atoms with Gasteiger partial charge in [-0.05, 0) is 56.2 Å². The van der Waals surface area contributed by atoms with Crippen LogP contribution in [0.3, 0.4) is 0 Å². The molecule has 2 aromatic carbocycles. The molecule has 2 amide bonds. The van der Waals surface area contributed by atoms with Gasteiger partial charge in [0, 0.05) is 22.7 Å². The van der Waals surface area contributed by atoms with Gasteiger partial charge in [-0.25, -0.2) is 4.98 Å². The number of carbonyl (C=O) groups excluding carboxylic acids is 2. The van der Waals surface area contributed by atoms with Crippen LogP contribution in [-0.2, 0) is 5.60 Å². The third-order valence-electron chi connectivity index (χ3n) is 7.95. The van der Waals surface area contributed by atoms with E-state index in [0.29, 0.717) is 23.0 Å². The number of alkyl halides is 7. The number of nitrogens with two attached hydrogens (primary N) is 1. The van der Waals surface area contributed by atoms with Gasteiger partial charge in [0.15, 0.2) is 17.2 Å². The molecule has 19 heteroatoms. The maximum Gasteiger partial charge on any atom is 0.507 e.